The minimum absolute atomic E-state index is 0. The van der Waals surface area contributed by atoms with Gasteiger partial charge in [0, 0.05) is 56.8 Å². The van der Waals surface area contributed by atoms with E-state index in [0.29, 0.717) is 23.6 Å². The molecule has 5 nitrogen and oxygen atoms in total. The summed E-state index contributed by atoms with van der Waals surface area (Å²) in [5.74, 6) is 0.531. The van der Waals surface area contributed by atoms with E-state index in [1.54, 1.807) is 13.2 Å². The molecule has 0 N–H and O–H groups in total. The van der Waals surface area contributed by atoms with Gasteiger partial charge in [0.1, 0.15) is 0 Å². The molecule has 7 heteroatoms. The summed E-state index contributed by atoms with van der Waals surface area (Å²) in [7, 11) is 0. The SMILES string of the molecule is Cc1n[c-]c2c(=O)c([C-]=O)c3n(c2n1)-c1ccccc1C3.[V].[W]. The summed E-state index contributed by atoms with van der Waals surface area (Å²) in [5, 5.41) is 0.222. The number of hydrogen-bond donors (Lipinski definition) is 0. The topological polar surface area (TPSA) is 64.8 Å². The second kappa shape index (κ2) is 6.52. The van der Waals surface area contributed by atoms with Gasteiger partial charge < -0.3 is 24.1 Å². The molecule has 4 rings (SSSR count). The number of benzene rings is 1. The molecule has 1 aromatic carbocycles. The predicted molar refractivity (Wildman–Crippen MR) is 76.3 cm³/mol. The van der Waals surface area contributed by atoms with Gasteiger partial charge in [-0.15, -0.1) is 0 Å². The van der Waals surface area contributed by atoms with Crippen LogP contribution in [0.2, 0.25) is 0 Å². The molecule has 0 fully saturated rings. The molecule has 0 saturated carbocycles. The smallest absolute Gasteiger partial charge is 0.0701 e. The van der Waals surface area contributed by atoms with Gasteiger partial charge in [-0.05, 0) is 31.2 Å². The number of aryl methyl sites for hydroxylation is 1. The monoisotopic (exact) mass is 510 g/mol. The van der Waals surface area contributed by atoms with Crippen molar-refractivity contribution in [2.24, 2.45) is 0 Å². The Morgan fingerprint density at radius 3 is 2.78 bits per heavy atom. The fraction of sp³-hybridized carbons (Fsp3) is 0.125. The van der Waals surface area contributed by atoms with E-state index in [4.69, 9.17) is 0 Å². The minimum Gasteiger partial charge on any atom is -0.394 e. The Morgan fingerprint density at radius 2 is 2.04 bits per heavy atom. The number of pyridine rings is 1. The molecular formula is C16H9N3O2VW-2. The molecule has 0 saturated heterocycles. The van der Waals surface area contributed by atoms with E-state index in [-0.39, 0.29) is 50.6 Å². The van der Waals surface area contributed by atoms with Crippen LogP contribution in [0.15, 0.2) is 29.1 Å². The molecule has 0 unspecified atom stereocenters. The number of nitrogens with zero attached hydrogens (tertiary/aromatic N) is 3. The van der Waals surface area contributed by atoms with Crippen LogP contribution in [0.1, 0.15) is 22.6 Å². The molecule has 113 valence electrons. The van der Waals surface area contributed by atoms with E-state index in [9.17, 15) is 9.59 Å². The molecule has 2 aromatic heterocycles. The average molecular weight is 510 g/mol. The summed E-state index contributed by atoms with van der Waals surface area (Å²) in [5.41, 5.74) is 2.75. The Balaban J connectivity index is 0.000000960. The Labute approximate surface area is 158 Å². The molecule has 3 heterocycles. The maximum Gasteiger partial charge on any atom is 0.0701 e. The van der Waals surface area contributed by atoms with Gasteiger partial charge in [-0.1, -0.05) is 34.8 Å². The van der Waals surface area contributed by atoms with Crippen molar-refractivity contribution < 1.29 is 44.4 Å². The molecule has 23 heavy (non-hydrogen) atoms. The van der Waals surface area contributed by atoms with Crippen LogP contribution < -0.4 is 5.43 Å². The Hall–Kier alpha value is -1.55. The summed E-state index contributed by atoms with van der Waals surface area (Å²) >= 11 is 0. The number of hydrogen-bond acceptors (Lipinski definition) is 4. The molecule has 1 aliphatic rings. The number of para-hydroxylation sites is 1. The van der Waals surface area contributed by atoms with Gasteiger partial charge in [-0.2, -0.15) is 0 Å². The van der Waals surface area contributed by atoms with E-state index in [0.717, 1.165) is 11.3 Å². The van der Waals surface area contributed by atoms with Gasteiger partial charge in [0.15, 0.2) is 0 Å². The zero-order valence-corrected chi connectivity index (χ0v) is 16.4. The third kappa shape index (κ3) is 2.53. The largest absolute Gasteiger partial charge is 0.394 e. The van der Waals surface area contributed by atoms with Gasteiger partial charge >= 0.3 is 0 Å². The summed E-state index contributed by atoms with van der Waals surface area (Å²) < 4.78 is 1.84. The fourth-order valence-corrected chi connectivity index (χ4v) is 2.82. The summed E-state index contributed by atoms with van der Waals surface area (Å²) in [4.78, 5) is 32.0. The first kappa shape index (κ1) is 17.8. The second-order valence-corrected chi connectivity index (χ2v) is 4.98. The van der Waals surface area contributed by atoms with Crippen molar-refractivity contribution in [3.05, 3.63) is 63.3 Å². The van der Waals surface area contributed by atoms with Crippen LogP contribution in [0.5, 0.6) is 0 Å². The molecule has 3 aromatic rings. The zero-order valence-electron chi connectivity index (χ0n) is 12.0. The van der Waals surface area contributed by atoms with Crippen molar-refractivity contribution in [1.29, 1.82) is 0 Å². The van der Waals surface area contributed by atoms with Crippen LogP contribution in [-0.4, -0.2) is 20.8 Å². The Morgan fingerprint density at radius 1 is 1.30 bits per heavy atom. The first-order valence-electron chi connectivity index (χ1n) is 6.51. The first-order valence-corrected chi connectivity index (χ1v) is 6.51. The van der Waals surface area contributed by atoms with Crippen molar-refractivity contribution in [1.82, 2.24) is 14.5 Å². The molecule has 0 bridgehead atoms. The van der Waals surface area contributed by atoms with E-state index in [1.807, 2.05) is 28.8 Å². The molecule has 0 spiro atoms. The summed E-state index contributed by atoms with van der Waals surface area (Å²) in [6, 6.07) is 7.77. The van der Waals surface area contributed by atoms with Gasteiger partial charge in [0.2, 0.25) is 0 Å². The quantitative estimate of drug-likeness (QED) is 0.362. The number of rotatable bonds is 1. The van der Waals surface area contributed by atoms with E-state index in [1.165, 1.54) is 0 Å². The van der Waals surface area contributed by atoms with Crippen molar-refractivity contribution >= 4 is 17.3 Å². The molecule has 1 aliphatic heterocycles. The standard InChI is InChI=1S/C16H9N3O2.V.W/c1-9-17-7-11-15(21)12(8-20)14-6-10-4-2-3-5-13(10)19(14)16(11)18-9;;/h2-5H,6H2,1H3;;/q-2;;. The van der Waals surface area contributed by atoms with Crippen molar-refractivity contribution in [2.45, 2.75) is 13.3 Å². The van der Waals surface area contributed by atoms with Crippen LogP contribution in [0.4, 0.5) is 0 Å². The van der Waals surface area contributed by atoms with E-state index in [2.05, 4.69) is 16.2 Å². The molecule has 0 aliphatic carbocycles. The fourth-order valence-electron chi connectivity index (χ4n) is 2.82. The zero-order chi connectivity index (χ0) is 14.6. The summed E-state index contributed by atoms with van der Waals surface area (Å²) in [6.07, 6.45) is 5.00. The van der Waals surface area contributed by atoms with Crippen LogP contribution in [-0.2, 0) is 50.8 Å². The Bertz CT molecular complexity index is 985. The first-order chi connectivity index (χ1) is 10.2. The normalized spacial score (nSPS) is 11.2. The molecule has 1 radical (unpaired) electrons. The van der Waals surface area contributed by atoms with Crippen molar-refractivity contribution in [3.8, 4) is 5.69 Å². The molecular weight excluding hydrogens is 501 g/mol. The average Bonchev–Trinajstić information content (AvgIpc) is 2.86. The van der Waals surface area contributed by atoms with Gasteiger partial charge in [0.05, 0.1) is 11.7 Å². The number of aromatic nitrogens is 3. The minimum atomic E-state index is -0.404. The van der Waals surface area contributed by atoms with Crippen molar-refractivity contribution in [3.63, 3.8) is 0 Å². The van der Waals surface area contributed by atoms with Gasteiger partial charge in [0.25, 0.3) is 0 Å². The number of fused-ring (bicyclic) bond motifs is 5. The Kier molecular flexibility index (Phi) is 5.05. The summed E-state index contributed by atoms with van der Waals surface area (Å²) in [6.45, 7) is 1.74. The molecule has 0 atom stereocenters. The van der Waals surface area contributed by atoms with Crippen LogP contribution in [0.3, 0.4) is 0 Å². The maximum absolute atomic E-state index is 12.4. The third-order valence-electron chi connectivity index (χ3n) is 3.74. The van der Waals surface area contributed by atoms with Crippen LogP contribution >= 0.6 is 0 Å². The van der Waals surface area contributed by atoms with Gasteiger partial charge in [-0.3, -0.25) is 0 Å². The van der Waals surface area contributed by atoms with Crippen molar-refractivity contribution in [2.75, 3.05) is 0 Å². The number of carbonyl (C=O) groups excluding carboxylic acids is 1. The third-order valence-corrected chi connectivity index (χ3v) is 3.74. The van der Waals surface area contributed by atoms with E-state index >= 15 is 0 Å². The van der Waals surface area contributed by atoms with Crippen LogP contribution in [0.25, 0.3) is 16.7 Å². The maximum atomic E-state index is 12.4. The van der Waals surface area contributed by atoms with E-state index < -0.39 is 5.43 Å². The van der Waals surface area contributed by atoms with Crippen LogP contribution in [0, 0.1) is 13.1 Å². The van der Waals surface area contributed by atoms with Gasteiger partial charge in [-0.25, -0.2) is 0 Å². The molecule has 0 amide bonds. The second-order valence-electron chi connectivity index (χ2n) is 4.98. The predicted octanol–water partition coefficient (Wildman–Crippen LogP) is 1.25.